The van der Waals surface area contributed by atoms with Gasteiger partial charge in [-0.15, -0.1) is 0 Å². The van der Waals surface area contributed by atoms with Gasteiger partial charge in [0.15, 0.2) is 0 Å². The minimum Gasteiger partial charge on any atom is -0.382 e. The molecule has 116 valence electrons. The van der Waals surface area contributed by atoms with Crippen LogP contribution in [-0.2, 0) is 16.0 Å². The van der Waals surface area contributed by atoms with Crippen molar-refractivity contribution in [2.75, 3.05) is 32.9 Å². The summed E-state index contributed by atoms with van der Waals surface area (Å²) < 4.78 is 11.6. The molecule has 0 bridgehead atoms. The van der Waals surface area contributed by atoms with Crippen LogP contribution in [0, 0.1) is 12.8 Å². The predicted molar refractivity (Wildman–Crippen MR) is 84.4 cm³/mol. The second-order valence-electron chi connectivity index (χ2n) is 6.46. The van der Waals surface area contributed by atoms with E-state index in [2.05, 4.69) is 43.0 Å². The fourth-order valence-corrected chi connectivity index (χ4v) is 3.76. The maximum Gasteiger partial charge on any atom is 0.0964 e. The Morgan fingerprint density at radius 2 is 2.14 bits per heavy atom. The van der Waals surface area contributed by atoms with Crippen molar-refractivity contribution in [3.05, 3.63) is 35.4 Å². The molecule has 3 heteroatoms. The Bertz CT molecular complexity index is 468. The molecule has 2 fully saturated rings. The predicted octanol–water partition coefficient (Wildman–Crippen LogP) is 3.01. The quantitative estimate of drug-likeness (QED) is 0.751. The van der Waals surface area contributed by atoms with Crippen LogP contribution in [0.3, 0.4) is 0 Å². The third-order valence-corrected chi connectivity index (χ3v) is 5.05. The van der Waals surface area contributed by atoms with Crippen LogP contribution in [0.2, 0.25) is 0 Å². The van der Waals surface area contributed by atoms with Crippen molar-refractivity contribution in [2.24, 2.45) is 5.92 Å². The molecular weight excluding hydrogens is 262 g/mol. The highest BCUT2D eigenvalue weighted by Crippen LogP contribution is 2.42. The molecular formula is C18H27NO2. The molecule has 0 aliphatic carbocycles. The van der Waals surface area contributed by atoms with Gasteiger partial charge in [-0.05, 0) is 43.7 Å². The maximum absolute atomic E-state index is 6.12. The zero-order chi connectivity index (χ0) is 14.7. The number of benzene rings is 1. The second-order valence-corrected chi connectivity index (χ2v) is 6.46. The van der Waals surface area contributed by atoms with E-state index in [1.165, 1.54) is 17.5 Å². The molecule has 0 radical (unpaired) electrons. The maximum atomic E-state index is 6.12. The fourth-order valence-electron chi connectivity index (χ4n) is 3.76. The average molecular weight is 289 g/mol. The Morgan fingerprint density at radius 1 is 1.33 bits per heavy atom. The Balaban J connectivity index is 1.53. The number of ether oxygens (including phenoxy) is 2. The molecule has 1 spiro atoms. The highest BCUT2D eigenvalue weighted by molar-refractivity contribution is 5.26. The minimum absolute atomic E-state index is 0.125. The van der Waals surface area contributed by atoms with Crippen LogP contribution in [-0.4, -0.2) is 43.4 Å². The van der Waals surface area contributed by atoms with Gasteiger partial charge in [0, 0.05) is 39.5 Å². The Kier molecular flexibility index (Phi) is 4.63. The summed E-state index contributed by atoms with van der Waals surface area (Å²) in [6, 6.07) is 8.68. The molecule has 3 nitrogen and oxygen atoms in total. The van der Waals surface area contributed by atoms with Crippen LogP contribution in [0.1, 0.15) is 30.9 Å². The van der Waals surface area contributed by atoms with Crippen LogP contribution < -0.4 is 0 Å². The lowest BCUT2D eigenvalue weighted by molar-refractivity contribution is -0.139. The summed E-state index contributed by atoms with van der Waals surface area (Å²) in [6.45, 7) is 10.1. The van der Waals surface area contributed by atoms with Gasteiger partial charge in [0.25, 0.3) is 0 Å². The number of rotatable bonds is 6. The SMILES string of the molecule is CCOCC[C@H]1CCOC12CN(Cc1ccccc1C)C2. The Labute approximate surface area is 128 Å². The van der Waals surface area contributed by atoms with Crippen molar-refractivity contribution in [3.8, 4) is 0 Å². The zero-order valence-corrected chi connectivity index (χ0v) is 13.3. The van der Waals surface area contributed by atoms with E-state index in [0.29, 0.717) is 5.92 Å². The van der Waals surface area contributed by atoms with E-state index in [0.717, 1.165) is 45.9 Å². The number of hydrogen-bond donors (Lipinski definition) is 0. The van der Waals surface area contributed by atoms with Gasteiger partial charge >= 0.3 is 0 Å². The van der Waals surface area contributed by atoms with E-state index in [1.807, 2.05) is 0 Å². The molecule has 1 aromatic rings. The molecule has 3 rings (SSSR count). The van der Waals surface area contributed by atoms with Crippen LogP contribution in [0.25, 0.3) is 0 Å². The van der Waals surface area contributed by atoms with E-state index >= 15 is 0 Å². The van der Waals surface area contributed by atoms with Crippen molar-refractivity contribution in [2.45, 2.75) is 38.8 Å². The first-order chi connectivity index (χ1) is 10.2. The van der Waals surface area contributed by atoms with Crippen LogP contribution in [0.5, 0.6) is 0 Å². The third-order valence-electron chi connectivity index (χ3n) is 5.05. The summed E-state index contributed by atoms with van der Waals surface area (Å²) in [6.07, 6.45) is 2.34. The van der Waals surface area contributed by atoms with Crippen LogP contribution >= 0.6 is 0 Å². The molecule has 2 heterocycles. The molecule has 2 aliphatic rings. The summed E-state index contributed by atoms with van der Waals surface area (Å²) in [7, 11) is 0. The van der Waals surface area contributed by atoms with Crippen molar-refractivity contribution >= 4 is 0 Å². The van der Waals surface area contributed by atoms with Crippen LogP contribution in [0.4, 0.5) is 0 Å². The van der Waals surface area contributed by atoms with Crippen molar-refractivity contribution in [1.29, 1.82) is 0 Å². The van der Waals surface area contributed by atoms with Gasteiger partial charge in [-0.25, -0.2) is 0 Å². The highest BCUT2D eigenvalue weighted by Gasteiger charge is 2.52. The van der Waals surface area contributed by atoms with Gasteiger partial charge in [-0.1, -0.05) is 24.3 Å². The van der Waals surface area contributed by atoms with Gasteiger partial charge in [0.1, 0.15) is 0 Å². The third kappa shape index (κ3) is 3.15. The Hall–Kier alpha value is -0.900. The molecule has 0 aromatic heterocycles. The van der Waals surface area contributed by atoms with Gasteiger partial charge < -0.3 is 9.47 Å². The van der Waals surface area contributed by atoms with Gasteiger partial charge in [0.05, 0.1) is 5.60 Å². The zero-order valence-electron chi connectivity index (χ0n) is 13.3. The molecule has 1 atom stereocenters. The molecule has 0 saturated carbocycles. The Morgan fingerprint density at radius 3 is 2.90 bits per heavy atom. The summed E-state index contributed by atoms with van der Waals surface area (Å²) in [4.78, 5) is 2.52. The molecule has 1 aromatic carbocycles. The molecule has 21 heavy (non-hydrogen) atoms. The normalized spacial score (nSPS) is 24.4. The molecule has 2 saturated heterocycles. The van der Waals surface area contributed by atoms with Gasteiger partial charge in [0.2, 0.25) is 0 Å². The number of aryl methyl sites for hydroxylation is 1. The van der Waals surface area contributed by atoms with Gasteiger partial charge in [-0.3, -0.25) is 4.90 Å². The molecule has 0 N–H and O–H groups in total. The highest BCUT2D eigenvalue weighted by atomic mass is 16.5. The van der Waals surface area contributed by atoms with Crippen LogP contribution in [0.15, 0.2) is 24.3 Å². The number of likely N-dealkylation sites (tertiary alicyclic amines) is 1. The van der Waals surface area contributed by atoms with E-state index in [9.17, 15) is 0 Å². The average Bonchev–Trinajstić information content (AvgIpc) is 2.85. The topological polar surface area (TPSA) is 21.7 Å². The van der Waals surface area contributed by atoms with E-state index in [1.54, 1.807) is 0 Å². The van der Waals surface area contributed by atoms with Crippen molar-refractivity contribution in [1.82, 2.24) is 4.90 Å². The summed E-state index contributed by atoms with van der Waals surface area (Å²) in [5.41, 5.74) is 2.95. The number of hydrogen-bond acceptors (Lipinski definition) is 3. The smallest absolute Gasteiger partial charge is 0.0964 e. The minimum atomic E-state index is 0.125. The lowest BCUT2D eigenvalue weighted by Crippen LogP contribution is -2.64. The second kappa shape index (κ2) is 6.47. The van der Waals surface area contributed by atoms with E-state index in [4.69, 9.17) is 9.47 Å². The summed E-state index contributed by atoms with van der Waals surface area (Å²) >= 11 is 0. The first-order valence-electron chi connectivity index (χ1n) is 8.22. The first-order valence-corrected chi connectivity index (χ1v) is 8.22. The number of nitrogens with zero attached hydrogens (tertiary/aromatic N) is 1. The standard InChI is InChI=1S/C18H27NO2/c1-3-20-10-8-17-9-11-21-18(17)13-19(14-18)12-16-7-5-4-6-15(16)2/h4-7,17H,3,8-14H2,1-2H3/t17-/m0/s1. The van der Waals surface area contributed by atoms with Crippen molar-refractivity contribution in [3.63, 3.8) is 0 Å². The van der Waals surface area contributed by atoms with E-state index in [-0.39, 0.29) is 5.60 Å². The van der Waals surface area contributed by atoms with E-state index < -0.39 is 0 Å². The fraction of sp³-hybridized carbons (Fsp3) is 0.667. The first kappa shape index (κ1) is 15.0. The molecule has 0 unspecified atom stereocenters. The van der Waals surface area contributed by atoms with Crippen molar-refractivity contribution < 1.29 is 9.47 Å². The lowest BCUT2D eigenvalue weighted by atomic mass is 9.79. The summed E-state index contributed by atoms with van der Waals surface area (Å²) in [5, 5.41) is 0. The lowest BCUT2D eigenvalue weighted by Gasteiger charge is -2.50. The molecule has 2 aliphatic heterocycles. The monoisotopic (exact) mass is 289 g/mol. The van der Waals surface area contributed by atoms with Gasteiger partial charge in [-0.2, -0.15) is 0 Å². The molecule has 0 amide bonds. The summed E-state index contributed by atoms with van der Waals surface area (Å²) in [5.74, 6) is 0.678. The largest absolute Gasteiger partial charge is 0.382 e.